The van der Waals surface area contributed by atoms with Crippen LogP contribution in [0.3, 0.4) is 0 Å². The quantitative estimate of drug-likeness (QED) is 0.819. The van der Waals surface area contributed by atoms with E-state index in [1.807, 2.05) is 12.1 Å². The molecule has 3 aliphatic carbocycles. The molecule has 2 heterocycles. The highest BCUT2D eigenvalue weighted by atomic mass is 19.2. The zero-order valence-corrected chi connectivity index (χ0v) is 14.7. The van der Waals surface area contributed by atoms with Crippen LogP contribution >= 0.6 is 0 Å². The predicted molar refractivity (Wildman–Crippen MR) is 92.8 cm³/mol. The van der Waals surface area contributed by atoms with Crippen molar-refractivity contribution >= 4 is 5.91 Å². The van der Waals surface area contributed by atoms with Crippen LogP contribution in [0.4, 0.5) is 13.2 Å². The van der Waals surface area contributed by atoms with E-state index in [4.69, 9.17) is 0 Å². The maximum atomic E-state index is 14.9. The molecule has 2 aromatic rings. The number of pyridine rings is 1. The van der Waals surface area contributed by atoms with Crippen LogP contribution in [0.5, 0.6) is 0 Å². The number of carbonyl (C=O) groups is 1. The summed E-state index contributed by atoms with van der Waals surface area (Å²) in [5.74, 6) is -3.20. The second-order valence-electron chi connectivity index (χ2n) is 8.23. The predicted octanol–water partition coefficient (Wildman–Crippen LogP) is 3.89. The van der Waals surface area contributed by atoms with Crippen molar-refractivity contribution in [1.29, 1.82) is 0 Å². The van der Waals surface area contributed by atoms with E-state index in [-0.39, 0.29) is 11.0 Å². The highest BCUT2D eigenvalue weighted by Gasteiger charge is 2.72. The lowest BCUT2D eigenvalue weighted by Crippen LogP contribution is -2.78. The third-order valence-electron chi connectivity index (χ3n) is 6.76. The van der Waals surface area contributed by atoms with Gasteiger partial charge in [0, 0.05) is 35.8 Å². The molecule has 1 aromatic carbocycles. The van der Waals surface area contributed by atoms with E-state index in [9.17, 15) is 18.0 Å². The first-order valence-corrected chi connectivity index (χ1v) is 9.25. The van der Waals surface area contributed by atoms with Crippen LogP contribution in [0.2, 0.25) is 0 Å². The van der Waals surface area contributed by atoms with Crippen LogP contribution in [-0.4, -0.2) is 34.0 Å². The van der Waals surface area contributed by atoms with Gasteiger partial charge in [0.25, 0.3) is 5.91 Å². The van der Waals surface area contributed by atoms with E-state index in [0.29, 0.717) is 18.5 Å². The number of halogens is 3. The highest BCUT2D eigenvalue weighted by Crippen LogP contribution is 2.70. The number of rotatable bonds is 3. The van der Waals surface area contributed by atoms with Crippen molar-refractivity contribution in [3.63, 3.8) is 0 Å². The van der Waals surface area contributed by atoms with Gasteiger partial charge in [0.2, 0.25) is 0 Å². The highest BCUT2D eigenvalue weighted by molar-refractivity contribution is 5.84. The summed E-state index contributed by atoms with van der Waals surface area (Å²) < 4.78 is 41.6. The van der Waals surface area contributed by atoms with Gasteiger partial charge in [-0.1, -0.05) is 6.07 Å². The van der Waals surface area contributed by atoms with Gasteiger partial charge in [0.15, 0.2) is 17.8 Å². The molecule has 3 saturated carbocycles. The second kappa shape index (κ2) is 5.57. The molecule has 0 radical (unpaired) electrons. The number of hydrogen-bond donors (Lipinski definition) is 0. The molecule has 1 amide bonds. The van der Waals surface area contributed by atoms with E-state index in [2.05, 4.69) is 4.98 Å². The van der Waals surface area contributed by atoms with Gasteiger partial charge in [-0.3, -0.25) is 9.78 Å². The first kappa shape index (κ1) is 16.8. The van der Waals surface area contributed by atoms with E-state index < -0.39 is 29.6 Å². The molecule has 140 valence electrons. The summed E-state index contributed by atoms with van der Waals surface area (Å²) in [4.78, 5) is 18.5. The summed E-state index contributed by atoms with van der Waals surface area (Å²) in [7, 11) is 0. The third-order valence-corrected chi connectivity index (χ3v) is 6.76. The molecule has 4 aliphatic rings. The average molecular weight is 372 g/mol. The first-order chi connectivity index (χ1) is 12.9. The fourth-order valence-electron chi connectivity index (χ4n) is 5.43. The number of carbonyl (C=O) groups excluding carboxylic acids is 1. The molecule has 1 saturated heterocycles. The fraction of sp³-hybridized carbons (Fsp3) is 0.429. The third kappa shape index (κ3) is 2.28. The minimum atomic E-state index is -1.71. The van der Waals surface area contributed by atoms with Crippen LogP contribution in [0.1, 0.15) is 42.7 Å². The van der Waals surface area contributed by atoms with Crippen LogP contribution < -0.4 is 0 Å². The lowest BCUT2D eigenvalue weighted by atomic mass is 9.37. The van der Waals surface area contributed by atoms with Crippen molar-refractivity contribution in [2.45, 2.75) is 48.7 Å². The number of benzene rings is 1. The van der Waals surface area contributed by atoms with Gasteiger partial charge in [-0.25, -0.2) is 13.2 Å². The Bertz CT molecular complexity index is 897. The molecular weight excluding hydrogens is 353 g/mol. The number of aromatic nitrogens is 1. The smallest absolute Gasteiger partial charge is 0.258 e. The first-order valence-electron chi connectivity index (χ1n) is 9.25. The Morgan fingerprint density at radius 3 is 2.41 bits per heavy atom. The monoisotopic (exact) mass is 372 g/mol. The summed E-state index contributed by atoms with van der Waals surface area (Å²) in [6.07, 6.45) is 4.84. The Morgan fingerprint density at radius 2 is 1.74 bits per heavy atom. The minimum absolute atomic E-state index is 0.103. The summed E-state index contributed by atoms with van der Waals surface area (Å²) >= 11 is 0. The number of alkyl halides is 1. The Hall–Kier alpha value is -2.37. The number of amides is 1. The van der Waals surface area contributed by atoms with E-state index in [0.717, 1.165) is 31.4 Å². The molecule has 2 bridgehead atoms. The largest absolute Gasteiger partial charge is 0.334 e. The van der Waals surface area contributed by atoms with Crippen molar-refractivity contribution < 1.29 is 18.0 Å². The van der Waals surface area contributed by atoms with Gasteiger partial charge in [0.1, 0.15) is 0 Å². The van der Waals surface area contributed by atoms with Gasteiger partial charge in [0.05, 0.1) is 0 Å². The number of hydrogen-bond acceptors (Lipinski definition) is 2. The van der Waals surface area contributed by atoms with Crippen molar-refractivity contribution in [2.75, 3.05) is 6.54 Å². The summed E-state index contributed by atoms with van der Waals surface area (Å²) in [6, 6.07) is 7.40. The number of likely N-dealkylation sites (tertiary alicyclic amines) is 1. The molecule has 1 aliphatic heterocycles. The normalized spacial score (nSPS) is 34.8. The summed E-state index contributed by atoms with van der Waals surface area (Å²) in [5, 5.41) is 0. The van der Waals surface area contributed by atoms with Crippen LogP contribution in [-0.2, 0) is 10.2 Å². The van der Waals surface area contributed by atoms with Gasteiger partial charge in [-0.15, -0.1) is 0 Å². The van der Waals surface area contributed by atoms with Crippen molar-refractivity contribution in [2.24, 2.45) is 0 Å². The molecule has 6 heteroatoms. The standard InChI is InChI=1S/C21H19F3N2O/c22-16-2-1-13(9-17(16)23)15-5-8-26(19(27)18(15)24)21-10-20(11-21,12-21)14-3-6-25-7-4-14/h1-4,6-7,9,15,18H,5,8,10-12H2. The van der Waals surface area contributed by atoms with Crippen LogP contribution in [0, 0.1) is 11.6 Å². The van der Waals surface area contributed by atoms with Gasteiger partial charge in [-0.2, -0.15) is 0 Å². The topological polar surface area (TPSA) is 33.2 Å². The van der Waals surface area contributed by atoms with Crippen molar-refractivity contribution in [3.8, 4) is 0 Å². The van der Waals surface area contributed by atoms with E-state index >= 15 is 0 Å². The number of nitrogens with zero attached hydrogens (tertiary/aromatic N) is 2. The van der Waals surface area contributed by atoms with E-state index in [1.54, 1.807) is 17.3 Å². The van der Waals surface area contributed by atoms with E-state index in [1.165, 1.54) is 11.6 Å². The Kier molecular flexibility index (Phi) is 3.46. The molecular formula is C21H19F3N2O. The molecule has 27 heavy (non-hydrogen) atoms. The minimum Gasteiger partial charge on any atom is -0.334 e. The van der Waals surface area contributed by atoms with Crippen LogP contribution in [0.15, 0.2) is 42.7 Å². The molecule has 1 aromatic heterocycles. The Morgan fingerprint density at radius 1 is 1.04 bits per heavy atom. The number of piperidine rings is 1. The van der Waals surface area contributed by atoms with Gasteiger partial charge in [-0.05, 0) is 61.1 Å². The zero-order valence-electron chi connectivity index (χ0n) is 14.7. The fourth-order valence-corrected chi connectivity index (χ4v) is 5.43. The SMILES string of the molecule is O=C1C(F)C(c2ccc(F)c(F)c2)CCN1C12CC(c3ccncc3)(C1)C2. The summed E-state index contributed by atoms with van der Waals surface area (Å²) in [5.41, 5.74) is 1.45. The van der Waals surface area contributed by atoms with Gasteiger partial charge >= 0.3 is 0 Å². The maximum absolute atomic E-state index is 14.9. The molecule has 6 rings (SSSR count). The molecule has 4 fully saturated rings. The van der Waals surface area contributed by atoms with Gasteiger partial charge < -0.3 is 4.90 Å². The van der Waals surface area contributed by atoms with Crippen LogP contribution in [0.25, 0.3) is 0 Å². The summed E-state index contributed by atoms with van der Waals surface area (Å²) in [6.45, 7) is 0.454. The molecule has 2 unspecified atom stereocenters. The molecule has 0 spiro atoms. The Labute approximate surface area is 155 Å². The zero-order chi connectivity index (χ0) is 18.8. The lowest BCUT2D eigenvalue weighted by molar-refractivity contribution is -0.194. The Balaban J connectivity index is 1.31. The van der Waals surface area contributed by atoms with Crippen molar-refractivity contribution in [1.82, 2.24) is 9.88 Å². The molecule has 0 N–H and O–H groups in total. The lowest BCUT2D eigenvalue weighted by Gasteiger charge is -2.74. The molecule has 3 nitrogen and oxygen atoms in total. The average Bonchev–Trinajstić information content (AvgIpc) is 2.60. The van der Waals surface area contributed by atoms with Crippen molar-refractivity contribution in [3.05, 3.63) is 65.5 Å². The molecule has 2 atom stereocenters. The second-order valence-corrected chi connectivity index (χ2v) is 8.23. The maximum Gasteiger partial charge on any atom is 0.258 e.